The third-order valence-corrected chi connectivity index (χ3v) is 4.86. The van der Waals surface area contributed by atoms with Gasteiger partial charge in [0.25, 0.3) is 0 Å². The van der Waals surface area contributed by atoms with Gasteiger partial charge in [-0.3, -0.25) is 9.59 Å². The van der Waals surface area contributed by atoms with E-state index >= 15 is 0 Å². The van der Waals surface area contributed by atoms with Gasteiger partial charge in [0, 0.05) is 41.3 Å². The molecule has 3 rings (SSSR count). The van der Waals surface area contributed by atoms with Crippen molar-refractivity contribution in [1.29, 1.82) is 0 Å². The number of nitrogens with one attached hydrogen (secondary N) is 1. The summed E-state index contributed by atoms with van der Waals surface area (Å²) in [5.74, 6) is -0.0391. The highest BCUT2D eigenvalue weighted by atomic mass is 35.5. The number of fused-ring (bicyclic) bond motifs is 1. The van der Waals surface area contributed by atoms with Gasteiger partial charge in [-0.1, -0.05) is 29.3 Å². The van der Waals surface area contributed by atoms with E-state index in [0.717, 1.165) is 28.9 Å². The van der Waals surface area contributed by atoms with Gasteiger partial charge < -0.3 is 10.2 Å². The Bertz CT molecular complexity index is 836. The zero-order valence-electron chi connectivity index (χ0n) is 13.8. The lowest BCUT2D eigenvalue weighted by molar-refractivity contribution is -0.117. The molecular formula is C19H18Cl2N2O2. The maximum atomic E-state index is 12.2. The lowest BCUT2D eigenvalue weighted by Gasteiger charge is -2.15. The average Bonchev–Trinajstić information content (AvgIpc) is 2.97. The highest BCUT2D eigenvalue weighted by Crippen LogP contribution is 2.30. The van der Waals surface area contributed by atoms with E-state index in [1.807, 2.05) is 24.3 Å². The number of aryl methyl sites for hydroxylation is 1. The van der Waals surface area contributed by atoms with Gasteiger partial charge in [0.15, 0.2) is 0 Å². The van der Waals surface area contributed by atoms with Crippen LogP contribution in [0.25, 0.3) is 0 Å². The summed E-state index contributed by atoms with van der Waals surface area (Å²) in [6, 6.07) is 10.9. The highest BCUT2D eigenvalue weighted by Gasteiger charge is 2.22. The molecular weight excluding hydrogens is 359 g/mol. The highest BCUT2D eigenvalue weighted by molar-refractivity contribution is 6.35. The minimum atomic E-state index is -0.0765. The van der Waals surface area contributed by atoms with Gasteiger partial charge in [0.1, 0.15) is 0 Å². The topological polar surface area (TPSA) is 49.4 Å². The van der Waals surface area contributed by atoms with Crippen molar-refractivity contribution in [2.75, 3.05) is 16.8 Å². The second-order valence-corrected chi connectivity index (χ2v) is 6.89. The first-order valence-electron chi connectivity index (χ1n) is 8.09. The molecule has 1 aliphatic rings. The van der Waals surface area contributed by atoms with Crippen LogP contribution in [0.3, 0.4) is 0 Å². The molecule has 0 unspecified atom stereocenters. The Kier molecular flexibility index (Phi) is 5.30. The Hall–Kier alpha value is -2.04. The summed E-state index contributed by atoms with van der Waals surface area (Å²) in [7, 11) is 0. The molecule has 0 atom stereocenters. The van der Waals surface area contributed by atoms with Crippen molar-refractivity contribution in [2.24, 2.45) is 0 Å². The van der Waals surface area contributed by atoms with Crippen LogP contribution in [0.1, 0.15) is 24.5 Å². The van der Waals surface area contributed by atoms with Crippen LogP contribution in [0, 0.1) is 0 Å². The summed E-state index contributed by atoms with van der Waals surface area (Å²) in [5, 5.41) is 4.06. The number of hydrogen-bond acceptors (Lipinski definition) is 2. The molecule has 0 bridgehead atoms. The third-order valence-electron chi connectivity index (χ3n) is 4.28. The minimum absolute atomic E-state index is 0.0374. The molecule has 2 aromatic carbocycles. The van der Waals surface area contributed by atoms with Crippen molar-refractivity contribution in [3.8, 4) is 0 Å². The van der Waals surface area contributed by atoms with Crippen molar-refractivity contribution in [3.05, 3.63) is 57.6 Å². The molecule has 6 heteroatoms. The fraction of sp³-hybridized carbons (Fsp3) is 0.263. The van der Waals surface area contributed by atoms with Gasteiger partial charge in [0.05, 0.1) is 0 Å². The molecule has 0 saturated carbocycles. The molecule has 1 aliphatic heterocycles. The van der Waals surface area contributed by atoms with Gasteiger partial charge >= 0.3 is 0 Å². The van der Waals surface area contributed by atoms with Crippen molar-refractivity contribution in [1.82, 2.24) is 0 Å². The van der Waals surface area contributed by atoms with E-state index in [1.54, 1.807) is 24.0 Å². The summed E-state index contributed by atoms with van der Waals surface area (Å²) in [5.41, 5.74) is 3.65. The van der Waals surface area contributed by atoms with E-state index in [0.29, 0.717) is 29.4 Å². The van der Waals surface area contributed by atoms with E-state index in [-0.39, 0.29) is 11.8 Å². The predicted octanol–water partition coefficient (Wildman–Crippen LogP) is 4.47. The number of carbonyl (C=O) groups is 2. The molecule has 1 N–H and O–H groups in total. The first-order valence-corrected chi connectivity index (χ1v) is 8.84. The summed E-state index contributed by atoms with van der Waals surface area (Å²) >= 11 is 12.0. The van der Waals surface area contributed by atoms with Crippen molar-refractivity contribution < 1.29 is 9.59 Å². The maximum absolute atomic E-state index is 12.2. The Morgan fingerprint density at radius 2 is 1.96 bits per heavy atom. The SMILES string of the molecule is CC(=O)N1CCc2cc(NC(=O)CCc3ccc(Cl)cc3Cl)ccc21. The lowest BCUT2D eigenvalue weighted by atomic mass is 10.1. The second-order valence-electron chi connectivity index (χ2n) is 6.05. The molecule has 0 spiro atoms. The number of benzene rings is 2. The molecule has 130 valence electrons. The largest absolute Gasteiger partial charge is 0.326 e. The van der Waals surface area contributed by atoms with Crippen LogP contribution < -0.4 is 10.2 Å². The number of amides is 2. The maximum Gasteiger partial charge on any atom is 0.224 e. The molecule has 0 aromatic heterocycles. The van der Waals surface area contributed by atoms with Crippen LogP contribution in [0.4, 0.5) is 11.4 Å². The smallest absolute Gasteiger partial charge is 0.224 e. The number of hydrogen-bond donors (Lipinski definition) is 1. The Balaban J connectivity index is 1.61. The third kappa shape index (κ3) is 4.14. The molecule has 25 heavy (non-hydrogen) atoms. The number of nitrogens with zero attached hydrogens (tertiary/aromatic N) is 1. The quantitative estimate of drug-likeness (QED) is 0.855. The molecule has 1 heterocycles. The van der Waals surface area contributed by atoms with Crippen LogP contribution in [-0.4, -0.2) is 18.4 Å². The van der Waals surface area contributed by atoms with Gasteiger partial charge in [-0.05, 0) is 54.3 Å². The van der Waals surface area contributed by atoms with E-state index in [2.05, 4.69) is 5.32 Å². The number of carbonyl (C=O) groups excluding carboxylic acids is 2. The number of halogens is 2. The molecule has 4 nitrogen and oxygen atoms in total. The Morgan fingerprint density at radius 3 is 2.68 bits per heavy atom. The minimum Gasteiger partial charge on any atom is -0.326 e. The Labute approximate surface area is 156 Å². The van der Waals surface area contributed by atoms with Crippen molar-refractivity contribution in [2.45, 2.75) is 26.2 Å². The summed E-state index contributed by atoms with van der Waals surface area (Å²) in [4.78, 5) is 25.5. The summed E-state index contributed by atoms with van der Waals surface area (Å²) in [6.45, 7) is 2.25. The molecule has 0 saturated heterocycles. The van der Waals surface area contributed by atoms with Crippen molar-refractivity contribution >= 4 is 46.4 Å². The summed E-state index contributed by atoms with van der Waals surface area (Å²) in [6.07, 6.45) is 1.68. The van der Waals surface area contributed by atoms with E-state index in [4.69, 9.17) is 23.2 Å². The Morgan fingerprint density at radius 1 is 1.16 bits per heavy atom. The molecule has 0 aliphatic carbocycles. The van der Waals surface area contributed by atoms with Crippen LogP contribution in [0.2, 0.25) is 10.0 Å². The fourth-order valence-electron chi connectivity index (χ4n) is 3.00. The molecule has 0 fully saturated rings. The van der Waals surface area contributed by atoms with Crippen molar-refractivity contribution in [3.63, 3.8) is 0 Å². The second kappa shape index (κ2) is 7.46. The van der Waals surface area contributed by atoms with Gasteiger partial charge in [-0.2, -0.15) is 0 Å². The normalized spacial score (nSPS) is 12.8. The van der Waals surface area contributed by atoms with Crippen LogP contribution in [-0.2, 0) is 22.4 Å². The molecule has 2 aromatic rings. The van der Waals surface area contributed by atoms with Gasteiger partial charge in [-0.25, -0.2) is 0 Å². The standard InChI is InChI=1S/C19H18Cl2N2O2/c1-12(24)23-9-8-14-10-16(5-6-18(14)23)22-19(25)7-3-13-2-4-15(20)11-17(13)21/h2,4-6,10-11H,3,7-9H2,1H3,(H,22,25). The van der Waals surface area contributed by atoms with E-state index in [9.17, 15) is 9.59 Å². The lowest BCUT2D eigenvalue weighted by Crippen LogP contribution is -2.25. The molecule has 0 radical (unpaired) electrons. The van der Waals surface area contributed by atoms with Gasteiger partial charge in [-0.15, -0.1) is 0 Å². The van der Waals surface area contributed by atoms with Crippen LogP contribution in [0.5, 0.6) is 0 Å². The van der Waals surface area contributed by atoms with Gasteiger partial charge in [0.2, 0.25) is 11.8 Å². The monoisotopic (exact) mass is 376 g/mol. The fourth-order valence-corrected chi connectivity index (χ4v) is 3.51. The van der Waals surface area contributed by atoms with E-state index < -0.39 is 0 Å². The molecule has 2 amide bonds. The zero-order chi connectivity index (χ0) is 18.0. The first-order chi connectivity index (χ1) is 11.9. The zero-order valence-corrected chi connectivity index (χ0v) is 15.3. The number of rotatable bonds is 4. The summed E-state index contributed by atoms with van der Waals surface area (Å²) < 4.78 is 0. The van der Waals surface area contributed by atoms with E-state index in [1.165, 1.54) is 0 Å². The van der Waals surface area contributed by atoms with Crippen LogP contribution >= 0.6 is 23.2 Å². The number of anilines is 2. The average molecular weight is 377 g/mol. The van der Waals surface area contributed by atoms with Crippen LogP contribution in [0.15, 0.2) is 36.4 Å². The first kappa shape index (κ1) is 17.8. The predicted molar refractivity (Wildman–Crippen MR) is 102 cm³/mol.